The van der Waals surface area contributed by atoms with Gasteiger partial charge in [-0.05, 0) is 81.5 Å². The maximum absolute atomic E-state index is 11.2. The van der Waals surface area contributed by atoms with Crippen molar-refractivity contribution in [1.82, 2.24) is 4.90 Å². The molecule has 0 aliphatic carbocycles. The summed E-state index contributed by atoms with van der Waals surface area (Å²) in [7, 11) is 2.07. The Hall–Kier alpha value is -1.99. The van der Waals surface area contributed by atoms with Gasteiger partial charge in [0.2, 0.25) is 5.91 Å². The number of piperidine rings is 1. The van der Waals surface area contributed by atoms with Crippen molar-refractivity contribution in [3.8, 4) is 5.75 Å². The van der Waals surface area contributed by atoms with E-state index < -0.39 is 11.5 Å². The van der Waals surface area contributed by atoms with Crippen LogP contribution in [0.25, 0.3) is 0 Å². The molecule has 1 fully saturated rings. The number of amides is 1. The molecule has 0 saturated carbocycles. The number of ether oxygens (including phenoxy) is 1. The fourth-order valence-electron chi connectivity index (χ4n) is 4.12. The van der Waals surface area contributed by atoms with E-state index in [0.717, 1.165) is 63.3 Å². The summed E-state index contributed by atoms with van der Waals surface area (Å²) in [5.41, 5.74) is 7.57. The number of carbonyl (C=O) groups excluding carboxylic acids is 1. The molecule has 190 valence electrons. The third-order valence-corrected chi connectivity index (χ3v) is 6.30. The zero-order valence-corrected chi connectivity index (χ0v) is 22.0. The molecule has 0 atom stereocenters. The Morgan fingerprint density at radius 1 is 1.09 bits per heavy atom. The number of benzene rings is 2. The summed E-state index contributed by atoms with van der Waals surface area (Å²) in [4.78, 5) is 15.8. The number of rotatable bonds is 10. The van der Waals surface area contributed by atoms with Gasteiger partial charge in [-0.1, -0.05) is 12.1 Å². The summed E-state index contributed by atoms with van der Waals surface area (Å²) in [5.74, 6) is 0.488. The standard InChI is InChI=1S/C26H37N3O3.2ClH/c1-20(2)32-24-10-8-23(9-11-24)28(3)17-13-26(31)14-18-29(19-15-26)16-12-21-4-6-22(7-5-21)25(27)30;;/h4-11,20,31H,12-19H2,1-3H3,(H2,27,30);2*1H. The van der Waals surface area contributed by atoms with Crippen molar-refractivity contribution < 1.29 is 14.6 Å². The molecular weight excluding hydrogens is 473 g/mol. The van der Waals surface area contributed by atoms with Gasteiger partial charge < -0.3 is 25.4 Å². The number of hydrogen-bond acceptors (Lipinski definition) is 5. The Kier molecular flexibility index (Phi) is 12.2. The van der Waals surface area contributed by atoms with E-state index in [4.69, 9.17) is 10.5 Å². The van der Waals surface area contributed by atoms with E-state index in [0.29, 0.717) is 5.56 Å². The molecule has 2 aromatic rings. The predicted molar refractivity (Wildman–Crippen MR) is 144 cm³/mol. The molecule has 1 aliphatic rings. The molecular formula is C26H39Cl2N3O3. The van der Waals surface area contributed by atoms with Crippen molar-refractivity contribution in [3.63, 3.8) is 0 Å². The number of nitrogens with two attached hydrogens (primary N) is 1. The van der Waals surface area contributed by atoms with Gasteiger partial charge in [0.25, 0.3) is 0 Å². The van der Waals surface area contributed by atoms with Crippen LogP contribution in [0.15, 0.2) is 48.5 Å². The molecule has 34 heavy (non-hydrogen) atoms. The Bertz CT molecular complexity index is 868. The maximum Gasteiger partial charge on any atom is 0.248 e. The smallest absolute Gasteiger partial charge is 0.248 e. The highest BCUT2D eigenvalue weighted by atomic mass is 35.5. The Morgan fingerprint density at radius 2 is 1.68 bits per heavy atom. The van der Waals surface area contributed by atoms with E-state index >= 15 is 0 Å². The SMILES string of the molecule is CC(C)Oc1ccc(N(C)CCC2(O)CCN(CCc3ccc(C(N)=O)cc3)CC2)cc1.Cl.Cl. The summed E-state index contributed by atoms with van der Waals surface area (Å²) in [5, 5.41) is 11.1. The number of hydrogen-bond donors (Lipinski definition) is 2. The van der Waals surface area contributed by atoms with Gasteiger partial charge in [0.1, 0.15) is 5.75 Å². The number of anilines is 1. The lowest BCUT2D eigenvalue weighted by Gasteiger charge is -2.39. The molecule has 0 aromatic heterocycles. The average Bonchev–Trinajstić information content (AvgIpc) is 2.77. The molecule has 3 rings (SSSR count). The summed E-state index contributed by atoms with van der Waals surface area (Å²) < 4.78 is 5.71. The average molecular weight is 513 g/mol. The molecule has 1 aliphatic heterocycles. The van der Waals surface area contributed by atoms with Gasteiger partial charge >= 0.3 is 0 Å². The Morgan fingerprint density at radius 3 is 2.21 bits per heavy atom. The second kappa shape index (κ2) is 13.8. The topological polar surface area (TPSA) is 79.0 Å². The van der Waals surface area contributed by atoms with Gasteiger partial charge in [0.05, 0.1) is 11.7 Å². The van der Waals surface area contributed by atoms with Crippen molar-refractivity contribution in [2.75, 3.05) is 38.1 Å². The summed E-state index contributed by atoms with van der Waals surface area (Å²) in [6.07, 6.45) is 3.44. The number of halogens is 2. The van der Waals surface area contributed by atoms with E-state index in [1.807, 2.05) is 38.1 Å². The van der Waals surface area contributed by atoms with Crippen LogP contribution in [-0.2, 0) is 6.42 Å². The molecule has 3 N–H and O–H groups in total. The van der Waals surface area contributed by atoms with Crippen LogP contribution in [0, 0.1) is 0 Å². The lowest BCUT2D eigenvalue weighted by Crippen LogP contribution is -2.46. The van der Waals surface area contributed by atoms with Crippen molar-refractivity contribution in [2.24, 2.45) is 5.73 Å². The van der Waals surface area contributed by atoms with Crippen LogP contribution in [0.2, 0.25) is 0 Å². The molecule has 1 heterocycles. The van der Waals surface area contributed by atoms with Crippen LogP contribution in [0.1, 0.15) is 49.0 Å². The molecule has 1 saturated heterocycles. The maximum atomic E-state index is 11.2. The number of likely N-dealkylation sites (tertiary alicyclic amines) is 1. The predicted octanol–water partition coefficient (Wildman–Crippen LogP) is 4.31. The summed E-state index contributed by atoms with van der Waals surface area (Å²) >= 11 is 0. The number of nitrogens with zero attached hydrogens (tertiary/aromatic N) is 2. The highest BCUT2D eigenvalue weighted by Gasteiger charge is 2.32. The summed E-state index contributed by atoms with van der Waals surface area (Å²) in [6.45, 7) is 7.62. The van der Waals surface area contributed by atoms with Gasteiger partial charge in [-0.3, -0.25) is 4.79 Å². The molecule has 0 unspecified atom stereocenters. The fraction of sp³-hybridized carbons (Fsp3) is 0.500. The second-order valence-corrected chi connectivity index (χ2v) is 9.21. The van der Waals surface area contributed by atoms with Crippen LogP contribution in [0.3, 0.4) is 0 Å². The molecule has 2 aromatic carbocycles. The highest BCUT2D eigenvalue weighted by molar-refractivity contribution is 5.92. The zero-order valence-electron chi connectivity index (χ0n) is 20.4. The first-order valence-electron chi connectivity index (χ1n) is 11.6. The van der Waals surface area contributed by atoms with Crippen LogP contribution >= 0.6 is 24.8 Å². The first kappa shape index (κ1) is 30.0. The van der Waals surface area contributed by atoms with Crippen LogP contribution in [0.5, 0.6) is 5.75 Å². The van der Waals surface area contributed by atoms with Crippen molar-refractivity contribution in [1.29, 1.82) is 0 Å². The number of carbonyl (C=O) groups is 1. The van der Waals surface area contributed by atoms with Gasteiger partial charge in [0.15, 0.2) is 0 Å². The van der Waals surface area contributed by atoms with Crippen LogP contribution in [0.4, 0.5) is 5.69 Å². The van der Waals surface area contributed by atoms with Gasteiger partial charge in [-0.25, -0.2) is 0 Å². The van der Waals surface area contributed by atoms with Crippen LogP contribution < -0.4 is 15.4 Å². The minimum Gasteiger partial charge on any atom is -0.491 e. The third-order valence-electron chi connectivity index (χ3n) is 6.30. The largest absolute Gasteiger partial charge is 0.491 e. The first-order chi connectivity index (χ1) is 15.2. The third kappa shape index (κ3) is 8.99. The lowest BCUT2D eigenvalue weighted by molar-refractivity contribution is -0.0254. The zero-order chi connectivity index (χ0) is 23.1. The quantitative estimate of drug-likeness (QED) is 0.496. The van der Waals surface area contributed by atoms with Crippen molar-refractivity contribution in [2.45, 2.75) is 51.2 Å². The minimum absolute atomic E-state index is 0. The lowest BCUT2D eigenvalue weighted by atomic mass is 9.88. The van der Waals surface area contributed by atoms with E-state index in [9.17, 15) is 9.90 Å². The van der Waals surface area contributed by atoms with E-state index in [1.54, 1.807) is 12.1 Å². The number of primary amides is 1. The number of aliphatic hydroxyl groups is 1. The fourth-order valence-corrected chi connectivity index (χ4v) is 4.12. The Labute approximate surface area is 216 Å². The summed E-state index contributed by atoms with van der Waals surface area (Å²) in [6, 6.07) is 15.7. The second-order valence-electron chi connectivity index (χ2n) is 9.21. The monoisotopic (exact) mass is 511 g/mol. The van der Waals surface area contributed by atoms with E-state index in [-0.39, 0.29) is 30.9 Å². The van der Waals surface area contributed by atoms with Gasteiger partial charge in [-0.2, -0.15) is 0 Å². The van der Waals surface area contributed by atoms with E-state index in [2.05, 4.69) is 29.0 Å². The normalized spacial score (nSPS) is 15.2. The molecule has 8 heteroatoms. The Balaban J connectivity index is 0.00000289. The van der Waals surface area contributed by atoms with Gasteiger partial charge in [0, 0.05) is 44.5 Å². The van der Waals surface area contributed by atoms with Crippen LogP contribution in [-0.4, -0.2) is 60.8 Å². The van der Waals surface area contributed by atoms with Crippen molar-refractivity contribution in [3.05, 3.63) is 59.7 Å². The molecule has 1 amide bonds. The van der Waals surface area contributed by atoms with Gasteiger partial charge in [-0.15, -0.1) is 24.8 Å². The molecule has 0 radical (unpaired) electrons. The molecule has 6 nitrogen and oxygen atoms in total. The molecule has 0 spiro atoms. The van der Waals surface area contributed by atoms with Crippen molar-refractivity contribution >= 4 is 36.4 Å². The highest BCUT2D eigenvalue weighted by Crippen LogP contribution is 2.27. The first-order valence-corrected chi connectivity index (χ1v) is 11.6. The molecule has 0 bridgehead atoms. The minimum atomic E-state index is -0.603. The van der Waals surface area contributed by atoms with E-state index in [1.165, 1.54) is 5.56 Å².